The fraction of sp³-hybridized carbons (Fsp3) is 0.476. The lowest BCUT2D eigenvalue weighted by molar-refractivity contribution is -0.117. The summed E-state index contributed by atoms with van der Waals surface area (Å²) in [7, 11) is 0. The number of aromatic nitrogens is 3. The lowest BCUT2D eigenvalue weighted by Crippen LogP contribution is -2.51. The Morgan fingerprint density at radius 1 is 1.24 bits per heavy atom. The Hall–Kier alpha value is -3.03. The molecule has 2 aromatic rings. The first-order valence-corrected chi connectivity index (χ1v) is 10.0. The van der Waals surface area contributed by atoms with Crippen molar-refractivity contribution >= 4 is 23.5 Å². The highest BCUT2D eigenvalue weighted by Gasteiger charge is 2.48. The van der Waals surface area contributed by atoms with Crippen LogP contribution in [0, 0.1) is 11.8 Å². The number of carbonyl (C=O) groups is 2. The second kappa shape index (κ2) is 7.77. The summed E-state index contributed by atoms with van der Waals surface area (Å²) in [6.45, 7) is 5.75. The molecule has 1 unspecified atom stereocenters. The van der Waals surface area contributed by atoms with Crippen molar-refractivity contribution in [2.45, 2.75) is 45.7 Å². The first-order chi connectivity index (χ1) is 14.0. The van der Waals surface area contributed by atoms with Gasteiger partial charge in [0.1, 0.15) is 5.69 Å². The molecule has 3 atom stereocenters. The number of rotatable bonds is 5. The van der Waals surface area contributed by atoms with E-state index in [1.165, 1.54) is 0 Å². The molecule has 2 aromatic heterocycles. The number of fused-ring (bicyclic) bond motifs is 1. The van der Waals surface area contributed by atoms with Crippen LogP contribution in [0.5, 0.6) is 0 Å². The van der Waals surface area contributed by atoms with Gasteiger partial charge in [-0.2, -0.15) is 0 Å². The van der Waals surface area contributed by atoms with Gasteiger partial charge in [0.05, 0.1) is 24.5 Å². The van der Waals surface area contributed by atoms with Crippen LogP contribution in [0.3, 0.4) is 0 Å². The summed E-state index contributed by atoms with van der Waals surface area (Å²) in [5, 5.41) is 3.42. The van der Waals surface area contributed by atoms with Gasteiger partial charge < -0.3 is 15.0 Å². The minimum atomic E-state index is -0.476. The zero-order chi connectivity index (χ0) is 20.5. The van der Waals surface area contributed by atoms with Gasteiger partial charge in [-0.1, -0.05) is 6.92 Å². The third-order valence-electron chi connectivity index (χ3n) is 5.65. The standard InChI is InChI=1S/C21H25N5O3/c1-4-29-20(28)16-10-15-17(11-24-16)26(13(3)27)19(14-6-7-14)12(2)18(15)25-21-22-8-5-9-23-21/h5,8-12,14,18-19H,4,6-7H2,1-3H3,(H,22,23,25)/t12-,18?,19-/m1/s1. The summed E-state index contributed by atoms with van der Waals surface area (Å²) >= 11 is 0. The predicted molar refractivity (Wildman–Crippen MR) is 107 cm³/mol. The van der Waals surface area contributed by atoms with E-state index >= 15 is 0 Å². The van der Waals surface area contributed by atoms with E-state index in [4.69, 9.17) is 4.74 Å². The van der Waals surface area contributed by atoms with Crippen LogP contribution >= 0.6 is 0 Å². The van der Waals surface area contributed by atoms with E-state index in [1.807, 2.05) is 4.90 Å². The third kappa shape index (κ3) is 3.66. The maximum Gasteiger partial charge on any atom is 0.356 e. The summed E-state index contributed by atoms with van der Waals surface area (Å²) < 4.78 is 5.12. The van der Waals surface area contributed by atoms with Crippen LogP contribution in [0.25, 0.3) is 0 Å². The van der Waals surface area contributed by atoms with E-state index in [9.17, 15) is 9.59 Å². The fourth-order valence-corrected chi connectivity index (χ4v) is 4.29. The molecule has 1 aliphatic heterocycles. The third-order valence-corrected chi connectivity index (χ3v) is 5.65. The van der Waals surface area contributed by atoms with Gasteiger partial charge in [-0.15, -0.1) is 0 Å². The molecule has 1 aliphatic carbocycles. The van der Waals surface area contributed by atoms with Gasteiger partial charge in [-0.25, -0.2) is 19.7 Å². The van der Waals surface area contributed by atoms with E-state index in [0.717, 1.165) is 24.1 Å². The monoisotopic (exact) mass is 395 g/mol. The molecule has 1 saturated carbocycles. The van der Waals surface area contributed by atoms with Crippen molar-refractivity contribution in [1.29, 1.82) is 0 Å². The summed E-state index contributed by atoms with van der Waals surface area (Å²) in [5.74, 6) is 0.579. The molecule has 0 radical (unpaired) electrons. The number of nitrogens with one attached hydrogen (secondary N) is 1. The molecule has 8 nitrogen and oxygen atoms in total. The van der Waals surface area contributed by atoms with Crippen LogP contribution in [-0.2, 0) is 9.53 Å². The lowest BCUT2D eigenvalue weighted by atomic mass is 9.80. The second-order valence-electron chi connectivity index (χ2n) is 7.62. The Bertz CT molecular complexity index is 916. The van der Waals surface area contributed by atoms with Crippen LogP contribution in [0.4, 0.5) is 11.6 Å². The molecule has 0 spiro atoms. The number of anilines is 2. The van der Waals surface area contributed by atoms with Crippen molar-refractivity contribution in [3.05, 3.63) is 42.0 Å². The van der Waals surface area contributed by atoms with Crippen LogP contribution < -0.4 is 10.2 Å². The predicted octanol–water partition coefficient (Wildman–Crippen LogP) is 2.98. The number of nitrogens with zero attached hydrogens (tertiary/aromatic N) is 4. The Balaban J connectivity index is 1.81. The topological polar surface area (TPSA) is 97.3 Å². The second-order valence-corrected chi connectivity index (χ2v) is 7.62. The minimum Gasteiger partial charge on any atom is -0.461 e. The van der Waals surface area contributed by atoms with Gasteiger partial charge in [-0.05, 0) is 37.8 Å². The van der Waals surface area contributed by atoms with Crippen molar-refractivity contribution in [3.63, 3.8) is 0 Å². The highest BCUT2D eigenvalue weighted by Crippen LogP contribution is 2.49. The summed E-state index contributed by atoms with van der Waals surface area (Å²) in [6, 6.07) is 3.39. The zero-order valence-corrected chi connectivity index (χ0v) is 16.8. The molecular weight excluding hydrogens is 370 g/mol. The van der Waals surface area contributed by atoms with Gasteiger partial charge in [0.2, 0.25) is 11.9 Å². The van der Waals surface area contributed by atoms with E-state index in [0.29, 0.717) is 11.9 Å². The smallest absolute Gasteiger partial charge is 0.356 e. The van der Waals surface area contributed by atoms with Crippen LogP contribution in [-0.4, -0.2) is 39.5 Å². The van der Waals surface area contributed by atoms with E-state index in [1.54, 1.807) is 44.6 Å². The maximum absolute atomic E-state index is 12.6. The quantitative estimate of drug-likeness (QED) is 0.777. The highest BCUT2D eigenvalue weighted by molar-refractivity contribution is 5.95. The molecule has 2 aliphatic rings. The molecular formula is C21H25N5O3. The summed E-state index contributed by atoms with van der Waals surface area (Å²) in [5.41, 5.74) is 1.79. The summed E-state index contributed by atoms with van der Waals surface area (Å²) in [4.78, 5) is 39.6. The normalized spacial score (nSPS) is 23.3. The van der Waals surface area contributed by atoms with E-state index in [-0.39, 0.29) is 36.2 Å². The number of pyridine rings is 1. The molecule has 152 valence electrons. The average molecular weight is 395 g/mol. The molecule has 29 heavy (non-hydrogen) atoms. The molecule has 0 saturated heterocycles. The Morgan fingerprint density at radius 2 is 1.97 bits per heavy atom. The Kier molecular flexibility index (Phi) is 5.17. The molecule has 1 N–H and O–H groups in total. The number of hydrogen-bond acceptors (Lipinski definition) is 7. The zero-order valence-electron chi connectivity index (χ0n) is 16.8. The van der Waals surface area contributed by atoms with Gasteiger partial charge >= 0.3 is 5.97 Å². The average Bonchev–Trinajstić information content (AvgIpc) is 3.55. The van der Waals surface area contributed by atoms with E-state index < -0.39 is 5.97 Å². The van der Waals surface area contributed by atoms with Crippen molar-refractivity contribution in [2.75, 3.05) is 16.8 Å². The van der Waals surface area contributed by atoms with Crippen LogP contribution in [0.1, 0.15) is 55.7 Å². The number of amides is 1. The lowest BCUT2D eigenvalue weighted by Gasteiger charge is -2.45. The maximum atomic E-state index is 12.6. The first kappa shape index (κ1) is 19.3. The number of hydrogen-bond donors (Lipinski definition) is 1. The van der Waals surface area contributed by atoms with Crippen LogP contribution in [0.2, 0.25) is 0 Å². The fourth-order valence-electron chi connectivity index (χ4n) is 4.29. The molecule has 1 fully saturated rings. The van der Waals surface area contributed by atoms with Gasteiger partial charge in [0, 0.05) is 36.8 Å². The molecule has 8 heteroatoms. The molecule has 0 bridgehead atoms. The van der Waals surface area contributed by atoms with Crippen molar-refractivity contribution in [2.24, 2.45) is 11.8 Å². The largest absolute Gasteiger partial charge is 0.461 e. The molecule has 0 aromatic carbocycles. The van der Waals surface area contributed by atoms with Crippen molar-refractivity contribution in [1.82, 2.24) is 15.0 Å². The minimum absolute atomic E-state index is 0.0184. The Labute approximate surface area is 169 Å². The van der Waals surface area contributed by atoms with Gasteiger partial charge in [0.25, 0.3) is 0 Å². The molecule has 4 rings (SSSR count). The summed E-state index contributed by atoms with van der Waals surface area (Å²) in [6.07, 6.45) is 7.19. The number of esters is 1. The Morgan fingerprint density at radius 3 is 2.59 bits per heavy atom. The van der Waals surface area contributed by atoms with Crippen LogP contribution in [0.15, 0.2) is 30.7 Å². The van der Waals surface area contributed by atoms with E-state index in [2.05, 4.69) is 27.2 Å². The van der Waals surface area contributed by atoms with Gasteiger partial charge in [0.15, 0.2) is 0 Å². The molecule has 1 amide bonds. The highest BCUT2D eigenvalue weighted by atomic mass is 16.5. The number of carbonyl (C=O) groups excluding carboxylic acids is 2. The SMILES string of the molecule is CCOC(=O)c1cc2c(cn1)N(C(C)=O)[C@@H](C1CC1)[C@H](C)C2Nc1ncccn1. The molecule has 3 heterocycles. The number of ether oxygens (including phenoxy) is 1. The van der Waals surface area contributed by atoms with Gasteiger partial charge in [-0.3, -0.25) is 4.79 Å². The van der Waals surface area contributed by atoms with Crippen molar-refractivity contribution in [3.8, 4) is 0 Å². The van der Waals surface area contributed by atoms with Crippen molar-refractivity contribution < 1.29 is 14.3 Å². The first-order valence-electron chi connectivity index (χ1n) is 10.0.